The average Bonchev–Trinajstić information content (AvgIpc) is 2.86. The molecule has 4 N–H and O–H groups in total. The lowest BCUT2D eigenvalue weighted by Crippen LogP contribution is -2.48. The number of carbonyl (C=O) groups excluding carboxylic acids is 2. The molecular weight excluding hydrogens is 461 g/mol. The van der Waals surface area contributed by atoms with Crippen LogP contribution in [0.15, 0.2) is 60.2 Å². The molecule has 0 aromatic heterocycles. The van der Waals surface area contributed by atoms with Gasteiger partial charge in [-0.05, 0) is 49.6 Å². The van der Waals surface area contributed by atoms with Gasteiger partial charge < -0.3 is 30.2 Å². The molecule has 0 aliphatic rings. The molecular formula is C26H32BN3O6. The van der Waals surface area contributed by atoms with Crippen LogP contribution in [-0.2, 0) is 20.7 Å². The van der Waals surface area contributed by atoms with Crippen molar-refractivity contribution in [2.45, 2.75) is 38.2 Å². The summed E-state index contributed by atoms with van der Waals surface area (Å²) in [5.41, 5.74) is 0.823. The smallest absolute Gasteiger partial charge is 0.475 e. The van der Waals surface area contributed by atoms with Crippen LogP contribution in [0.1, 0.15) is 31.4 Å². The first kappa shape index (κ1) is 28.6. The number of benzene rings is 2. The third kappa shape index (κ3) is 9.92. The summed E-state index contributed by atoms with van der Waals surface area (Å²) < 4.78 is 10.9. The zero-order valence-corrected chi connectivity index (χ0v) is 20.7. The van der Waals surface area contributed by atoms with Crippen molar-refractivity contribution in [1.82, 2.24) is 10.6 Å². The summed E-state index contributed by atoms with van der Waals surface area (Å²) in [4.78, 5) is 24.7. The fraction of sp³-hybridized carbons (Fsp3) is 0.346. The molecule has 0 fully saturated rings. The molecule has 9 nitrogen and oxygen atoms in total. The molecule has 0 aliphatic heterocycles. The molecule has 0 unspecified atom stereocenters. The average molecular weight is 493 g/mol. The molecule has 2 amide bonds. The van der Waals surface area contributed by atoms with Crippen LogP contribution < -0.4 is 15.4 Å². The molecule has 0 radical (unpaired) electrons. The van der Waals surface area contributed by atoms with Crippen LogP contribution in [0.4, 0.5) is 0 Å². The number of nitrogens with zero attached hydrogens (tertiary/aromatic N) is 1. The summed E-state index contributed by atoms with van der Waals surface area (Å²) in [5, 5.41) is 33.9. The molecule has 0 heterocycles. The van der Waals surface area contributed by atoms with E-state index >= 15 is 0 Å². The Labute approximate surface area is 211 Å². The fourth-order valence-corrected chi connectivity index (χ4v) is 3.11. The minimum absolute atomic E-state index is 0.000781. The molecule has 190 valence electrons. The highest BCUT2D eigenvalue weighted by Crippen LogP contribution is 2.16. The van der Waals surface area contributed by atoms with E-state index in [4.69, 9.17) is 9.47 Å². The number of hydrogen-bond acceptors (Lipinski definition) is 7. The Morgan fingerprint density at radius 2 is 1.89 bits per heavy atom. The Morgan fingerprint density at radius 3 is 2.53 bits per heavy atom. The van der Waals surface area contributed by atoms with Crippen LogP contribution in [0.5, 0.6) is 5.75 Å². The number of amides is 2. The molecule has 2 aromatic carbocycles. The lowest BCUT2D eigenvalue weighted by atomic mass is 9.76. The summed E-state index contributed by atoms with van der Waals surface area (Å²) in [5.74, 6) is -1.29. The van der Waals surface area contributed by atoms with Gasteiger partial charge in [0.05, 0.1) is 24.6 Å². The van der Waals surface area contributed by atoms with Gasteiger partial charge in [0.1, 0.15) is 17.4 Å². The maximum atomic E-state index is 12.4. The molecule has 10 heteroatoms. The Kier molecular flexibility index (Phi) is 11.2. The van der Waals surface area contributed by atoms with E-state index in [-0.39, 0.29) is 37.5 Å². The minimum atomic E-state index is -1.70. The molecule has 1 atom stereocenters. The summed E-state index contributed by atoms with van der Waals surface area (Å²) in [6.45, 7) is 3.93. The van der Waals surface area contributed by atoms with E-state index in [0.29, 0.717) is 11.3 Å². The summed E-state index contributed by atoms with van der Waals surface area (Å²) in [6, 6.07) is 17.9. The topological polar surface area (TPSA) is 141 Å². The van der Waals surface area contributed by atoms with Crippen LogP contribution in [0, 0.1) is 11.3 Å². The first-order valence-electron chi connectivity index (χ1n) is 11.5. The molecule has 0 aliphatic carbocycles. The van der Waals surface area contributed by atoms with Crippen molar-refractivity contribution in [3.8, 4) is 11.8 Å². The van der Waals surface area contributed by atoms with Gasteiger partial charge in [0, 0.05) is 13.7 Å². The predicted octanol–water partition coefficient (Wildman–Crippen LogP) is 1.64. The lowest BCUT2D eigenvalue weighted by Gasteiger charge is -2.22. The molecule has 0 saturated carbocycles. The van der Waals surface area contributed by atoms with Crippen molar-refractivity contribution in [3.63, 3.8) is 0 Å². The maximum absolute atomic E-state index is 12.4. The Morgan fingerprint density at radius 1 is 1.17 bits per heavy atom. The van der Waals surface area contributed by atoms with Crippen molar-refractivity contribution >= 4 is 25.0 Å². The number of hydrogen-bond donors (Lipinski definition) is 4. The highest BCUT2D eigenvalue weighted by Gasteiger charge is 2.25. The SMILES string of the molecule is COC(C)(C)CNC(=O)C(C#N)=Cc1cccc(OCCC(=O)N[C@@H](Cc2ccccc2)B(O)O)c1. The van der Waals surface area contributed by atoms with E-state index in [9.17, 15) is 24.9 Å². The third-order valence-electron chi connectivity index (χ3n) is 5.36. The van der Waals surface area contributed by atoms with Crippen molar-refractivity contribution in [1.29, 1.82) is 5.26 Å². The molecule has 0 spiro atoms. The second-order valence-corrected chi connectivity index (χ2v) is 8.76. The summed E-state index contributed by atoms with van der Waals surface area (Å²) in [6.07, 6.45) is 1.72. The molecule has 36 heavy (non-hydrogen) atoms. The minimum Gasteiger partial charge on any atom is -0.493 e. The summed E-state index contributed by atoms with van der Waals surface area (Å²) >= 11 is 0. The van der Waals surface area contributed by atoms with E-state index in [2.05, 4.69) is 10.6 Å². The largest absolute Gasteiger partial charge is 0.493 e. The van der Waals surface area contributed by atoms with Crippen LogP contribution >= 0.6 is 0 Å². The molecule has 2 rings (SSSR count). The van der Waals surface area contributed by atoms with Crippen molar-refractivity contribution in [3.05, 3.63) is 71.3 Å². The number of ether oxygens (including phenoxy) is 2. The van der Waals surface area contributed by atoms with E-state index < -0.39 is 24.6 Å². The highest BCUT2D eigenvalue weighted by molar-refractivity contribution is 6.43. The van der Waals surface area contributed by atoms with Crippen LogP contribution in [0.3, 0.4) is 0 Å². The van der Waals surface area contributed by atoms with Crippen molar-refractivity contribution < 1.29 is 29.1 Å². The normalized spacial score (nSPS) is 12.3. The van der Waals surface area contributed by atoms with Gasteiger partial charge in [-0.2, -0.15) is 5.26 Å². The van der Waals surface area contributed by atoms with Crippen molar-refractivity contribution in [2.24, 2.45) is 0 Å². The van der Waals surface area contributed by atoms with Crippen LogP contribution in [-0.4, -0.2) is 60.8 Å². The van der Waals surface area contributed by atoms with Gasteiger partial charge in [-0.25, -0.2) is 0 Å². The van der Waals surface area contributed by atoms with Gasteiger partial charge >= 0.3 is 7.12 Å². The van der Waals surface area contributed by atoms with Gasteiger partial charge in [0.2, 0.25) is 5.91 Å². The van der Waals surface area contributed by atoms with E-state index in [1.807, 2.05) is 50.2 Å². The Bertz CT molecular complexity index is 1080. The van der Waals surface area contributed by atoms with E-state index in [0.717, 1.165) is 5.56 Å². The zero-order chi connectivity index (χ0) is 26.6. The molecule has 0 saturated heterocycles. The number of rotatable bonds is 13. The number of nitrogens with one attached hydrogen (secondary N) is 2. The number of methoxy groups -OCH3 is 1. The van der Waals surface area contributed by atoms with Gasteiger partial charge in [-0.3, -0.25) is 9.59 Å². The van der Waals surface area contributed by atoms with Gasteiger partial charge in [-0.15, -0.1) is 0 Å². The van der Waals surface area contributed by atoms with Crippen LogP contribution in [0.2, 0.25) is 0 Å². The third-order valence-corrected chi connectivity index (χ3v) is 5.36. The second kappa shape index (κ2) is 14.0. The van der Waals surface area contributed by atoms with Crippen LogP contribution in [0.25, 0.3) is 6.08 Å². The first-order valence-corrected chi connectivity index (χ1v) is 11.5. The standard InChI is InChI=1S/C26H32BN3O6/c1-26(2,35-3)18-29-25(32)21(17-28)14-20-10-7-11-22(15-20)36-13-12-24(31)30-23(27(33)34)16-19-8-5-4-6-9-19/h4-11,14-15,23,33-34H,12-13,16,18H2,1-3H3,(H,29,32)(H,30,31)/t23-/m0/s1. The predicted molar refractivity (Wildman–Crippen MR) is 137 cm³/mol. The Balaban J connectivity index is 1.91. The Hall–Kier alpha value is -3.65. The number of carbonyl (C=O) groups is 2. The van der Waals surface area contributed by atoms with E-state index in [1.54, 1.807) is 31.4 Å². The van der Waals surface area contributed by atoms with E-state index in [1.165, 1.54) is 6.08 Å². The van der Waals surface area contributed by atoms with Gasteiger partial charge in [0.15, 0.2) is 0 Å². The monoisotopic (exact) mass is 493 g/mol. The highest BCUT2D eigenvalue weighted by atomic mass is 16.5. The van der Waals surface area contributed by atoms with Crippen molar-refractivity contribution in [2.75, 3.05) is 20.3 Å². The van der Waals surface area contributed by atoms with Gasteiger partial charge in [-0.1, -0.05) is 42.5 Å². The first-order chi connectivity index (χ1) is 17.1. The fourth-order valence-electron chi connectivity index (χ4n) is 3.11. The molecule has 0 bridgehead atoms. The quantitative estimate of drug-likeness (QED) is 0.189. The summed E-state index contributed by atoms with van der Waals surface area (Å²) in [7, 11) is -0.160. The maximum Gasteiger partial charge on any atom is 0.475 e. The number of nitriles is 1. The lowest BCUT2D eigenvalue weighted by molar-refractivity contribution is -0.122. The molecule has 2 aromatic rings. The van der Waals surface area contributed by atoms with Gasteiger partial charge in [0.25, 0.3) is 5.91 Å². The second-order valence-electron chi connectivity index (χ2n) is 8.76. The zero-order valence-electron chi connectivity index (χ0n) is 20.7.